The summed E-state index contributed by atoms with van der Waals surface area (Å²) in [7, 11) is 1.66. The molecule has 0 aromatic carbocycles. The normalized spacial score (nSPS) is 23.5. The van der Waals surface area contributed by atoms with Crippen molar-refractivity contribution in [1.82, 2.24) is 10.6 Å². The fraction of sp³-hybridized carbons (Fsp3) is 0.909. The van der Waals surface area contributed by atoms with E-state index in [9.17, 15) is 4.79 Å². The van der Waals surface area contributed by atoms with Crippen molar-refractivity contribution in [2.45, 2.75) is 44.7 Å². The zero-order valence-corrected chi connectivity index (χ0v) is 9.71. The van der Waals surface area contributed by atoms with Gasteiger partial charge < -0.3 is 15.4 Å². The Kier molecular flexibility index (Phi) is 5.65. The average molecular weight is 214 g/mol. The van der Waals surface area contributed by atoms with Crippen LogP contribution in [0.2, 0.25) is 0 Å². The molecule has 1 aliphatic heterocycles. The van der Waals surface area contributed by atoms with Gasteiger partial charge in [-0.1, -0.05) is 13.3 Å². The van der Waals surface area contributed by atoms with Gasteiger partial charge in [-0.2, -0.15) is 0 Å². The molecule has 1 heterocycles. The predicted molar refractivity (Wildman–Crippen MR) is 59.7 cm³/mol. The van der Waals surface area contributed by atoms with Gasteiger partial charge in [-0.25, -0.2) is 0 Å². The molecule has 1 saturated heterocycles. The summed E-state index contributed by atoms with van der Waals surface area (Å²) in [5.74, 6) is 0.124. The first-order chi connectivity index (χ1) is 7.27. The summed E-state index contributed by atoms with van der Waals surface area (Å²) in [5, 5.41) is 6.25. The molecular formula is C11H22N2O2. The van der Waals surface area contributed by atoms with Crippen molar-refractivity contribution < 1.29 is 9.53 Å². The second kappa shape index (κ2) is 6.80. The molecule has 88 valence electrons. The van der Waals surface area contributed by atoms with Gasteiger partial charge >= 0.3 is 0 Å². The van der Waals surface area contributed by atoms with Crippen molar-refractivity contribution >= 4 is 5.91 Å². The van der Waals surface area contributed by atoms with E-state index in [2.05, 4.69) is 17.6 Å². The summed E-state index contributed by atoms with van der Waals surface area (Å²) in [6.07, 6.45) is 4.19. The number of hydrogen-bond acceptors (Lipinski definition) is 3. The van der Waals surface area contributed by atoms with Gasteiger partial charge in [-0.15, -0.1) is 0 Å². The van der Waals surface area contributed by atoms with Crippen molar-refractivity contribution in [2.24, 2.45) is 0 Å². The molecule has 0 aliphatic carbocycles. The van der Waals surface area contributed by atoms with E-state index < -0.39 is 0 Å². The summed E-state index contributed by atoms with van der Waals surface area (Å²) in [6.45, 7) is 3.60. The van der Waals surface area contributed by atoms with Crippen LogP contribution >= 0.6 is 0 Å². The van der Waals surface area contributed by atoms with Crippen LogP contribution in [0.15, 0.2) is 0 Å². The monoisotopic (exact) mass is 214 g/mol. The molecule has 2 unspecified atom stereocenters. The molecule has 0 spiro atoms. The quantitative estimate of drug-likeness (QED) is 0.707. The Morgan fingerprint density at radius 3 is 2.93 bits per heavy atom. The largest absolute Gasteiger partial charge is 0.383 e. The predicted octanol–water partition coefficient (Wildman–Crippen LogP) is 0.670. The first kappa shape index (κ1) is 12.5. The van der Waals surface area contributed by atoms with Crippen molar-refractivity contribution in [3.8, 4) is 0 Å². The first-order valence-electron chi connectivity index (χ1n) is 5.80. The molecule has 2 atom stereocenters. The van der Waals surface area contributed by atoms with Crippen molar-refractivity contribution in [1.29, 1.82) is 0 Å². The molecule has 1 rings (SSSR count). The molecule has 0 bridgehead atoms. The smallest absolute Gasteiger partial charge is 0.237 e. The van der Waals surface area contributed by atoms with Crippen molar-refractivity contribution in [2.75, 3.05) is 20.3 Å². The van der Waals surface area contributed by atoms with E-state index in [1.807, 2.05) is 0 Å². The SMILES string of the molecule is CCC(COC)NC(=O)C1CCCCN1. The van der Waals surface area contributed by atoms with Crippen molar-refractivity contribution in [3.05, 3.63) is 0 Å². The maximum atomic E-state index is 11.8. The highest BCUT2D eigenvalue weighted by Crippen LogP contribution is 2.07. The van der Waals surface area contributed by atoms with E-state index >= 15 is 0 Å². The van der Waals surface area contributed by atoms with Crippen LogP contribution in [-0.4, -0.2) is 38.3 Å². The zero-order chi connectivity index (χ0) is 11.1. The van der Waals surface area contributed by atoms with E-state index in [0.29, 0.717) is 6.61 Å². The Hall–Kier alpha value is -0.610. The summed E-state index contributed by atoms with van der Waals surface area (Å²) in [4.78, 5) is 11.8. The number of piperidine rings is 1. The lowest BCUT2D eigenvalue weighted by molar-refractivity contribution is -0.124. The Morgan fingerprint density at radius 1 is 1.60 bits per heavy atom. The van der Waals surface area contributed by atoms with Crippen LogP contribution in [0.4, 0.5) is 0 Å². The zero-order valence-electron chi connectivity index (χ0n) is 9.71. The van der Waals surface area contributed by atoms with E-state index in [-0.39, 0.29) is 18.0 Å². The van der Waals surface area contributed by atoms with Gasteiger partial charge in [0.15, 0.2) is 0 Å². The number of methoxy groups -OCH3 is 1. The average Bonchev–Trinajstić information content (AvgIpc) is 2.29. The fourth-order valence-corrected chi connectivity index (χ4v) is 1.84. The minimum absolute atomic E-state index is 0.00431. The summed E-state index contributed by atoms with van der Waals surface area (Å²) in [5.41, 5.74) is 0. The molecule has 4 nitrogen and oxygen atoms in total. The lowest BCUT2D eigenvalue weighted by Gasteiger charge is -2.25. The van der Waals surface area contributed by atoms with Gasteiger partial charge in [-0.05, 0) is 25.8 Å². The molecule has 1 aliphatic rings. The van der Waals surface area contributed by atoms with Crippen LogP contribution in [0.5, 0.6) is 0 Å². The summed E-state index contributed by atoms with van der Waals surface area (Å²) >= 11 is 0. The highest BCUT2D eigenvalue weighted by Gasteiger charge is 2.22. The highest BCUT2D eigenvalue weighted by molar-refractivity contribution is 5.82. The first-order valence-corrected chi connectivity index (χ1v) is 5.80. The van der Waals surface area contributed by atoms with Gasteiger partial charge in [0, 0.05) is 7.11 Å². The van der Waals surface area contributed by atoms with E-state index in [1.165, 1.54) is 6.42 Å². The van der Waals surface area contributed by atoms with Gasteiger partial charge in [0.1, 0.15) is 0 Å². The molecule has 0 saturated carbocycles. The topological polar surface area (TPSA) is 50.4 Å². The van der Waals surface area contributed by atoms with Crippen LogP contribution in [0.1, 0.15) is 32.6 Å². The number of carbonyl (C=O) groups is 1. The van der Waals surface area contributed by atoms with Gasteiger partial charge in [-0.3, -0.25) is 4.79 Å². The lowest BCUT2D eigenvalue weighted by atomic mass is 10.0. The van der Waals surface area contributed by atoms with Crippen LogP contribution in [-0.2, 0) is 9.53 Å². The third-order valence-electron chi connectivity index (χ3n) is 2.83. The third kappa shape index (κ3) is 4.18. The number of rotatable bonds is 5. The van der Waals surface area contributed by atoms with Crippen LogP contribution in [0.3, 0.4) is 0 Å². The molecule has 0 aromatic rings. The minimum Gasteiger partial charge on any atom is -0.383 e. The minimum atomic E-state index is 0.00431. The number of carbonyl (C=O) groups excluding carboxylic acids is 1. The third-order valence-corrected chi connectivity index (χ3v) is 2.83. The molecule has 0 radical (unpaired) electrons. The molecule has 15 heavy (non-hydrogen) atoms. The Bertz CT molecular complexity index is 191. The van der Waals surface area contributed by atoms with Gasteiger partial charge in [0.2, 0.25) is 5.91 Å². The summed E-state index contributed by atoms with van der Waals surface area (Å²) < 4.78 is 5.05. The summed E-state index contributed by atoms with van der Waals surface area (Å²) in [6, 6.07) is 0.149. The second-order valence-electron chi connectivity index (χ2n) is 4.07. The van der Waals surface area contributed by atoms with Gasteiger partial charge in [0.05, 0.1) is 18.7 Å². The molecule has 1 amide bonds. The Morgan fingerprint density at radius 2 is 2.40 bits per heavy atom. The fourth-order valence-electron chi connectivity index (χ4n) is 1.84. The Labute approximate surface area is 91.8 Å². The molecule has 2 N–H and O–H groups in total. The van der Waals surface area contributed by atoms with Gasteiger partial charge in [0.25, 0.3) is 0 Å². The van der Waals surface area contributed by atoms with E-state index in [0.717, 1.165) is 25.8 Å². The van der Waals surface area contributed by atoms with Crippen LogP contribution in [0, 0.1) is 0 Å². The molecule has 0 aromatic heterocycles. The highest BCUT2D eigenvalue weighted by atomic mass is 16.5. The molecule has 1 fully saturated rings. The number of hydrogen-bond donors (Lipinski definition) is 2. The number of ether oxygens (including phenoxy) is 1. The number of amides is 1. The Balaban J connectivity index is 2.31. The standard InChI is InChI=1S/C11H22N2O2/c1-3-9(8-15-2)13-11(14)10-6-4-5-7-12-10/h9-10,12H,3-8H2,1-2H3,(H,13,14). The lowest BCUT2D eigenvalue weighted by Crippen LogP contribution is -2.50. The molecular weight excluding hydrogens is 192 g/mol. The number of nitrogens with one attached hydrogen (secondary N) is 2. The van der Waals surface area contributed by atoms with Crippen molar-refractivity contribution in [3.63, 3.8) is 0 Å². The van der Waals surface area contributed by atoms with Crippen LogP contribution in [0.25, 0.3) is 0 Å². The van der Waals surface area contributed by atoms with E-state index in [1.54, 1.807) is 7.11 Å². The van der Waals surface area contributed by atoms with Crippen LogP contribution < -0.4 is 10.6 Å². The maximum absolute atomic E-state index is 11.8. The molecule has 4 heteroatoms. The maximum Gasteiger partial charge on any atom is 0.237 e. The second-order valence-corrected chi connectivity index (χ2v) is 4.07. The van der Waals surface area contributed by atoms with E-state index in [4.69, 9.17) is 4.74 Å².